The van der Waals surface area contributed by atoms with Crippen LogP contribution < -0.4 is 10.6 Å². The molecule has 88 valence electrons. The van der Waals surface area contributed by atoms with Crippen molar-refractivity contribution in [1.29, 1.82) is 0 Å². The predicted octanol–water partition coefficient (Wildman–Crippen LogP) is -0.957. The van der Waals surface area contributed by atoms with Gasteiger partial charge in [-0.1, -0.05) is 0 Å². The molecule has 1 saturated heterocycles. The summed E-state index contributed by atoms with van der Waals surface area (Å²) in [5.41, 5.74) is 0. The van der Waals surface area contributed by atoms with Crippen LogP contribution in [0.2, 0.25) is 0 Å². The summed E-state index contributed by atoms with van der Waals surface area (Å²) in [4.78, 5) is 13.9. The minimum Gasteiger partial charge on any atom is -0.383 e. The van der Waals surface area contributed by atoms with Gasteiger partial charge in [0.05, 0.1) is 12.6 Å². The number of nitrogens with one attached hydrogen (secondary N) is 2. The molecule has 0 spiro atoms. The molecule has 1 rings (SSSR count). The zero-order chi connectivity index (χ0) is 11.1. The van der Waals surface area contributed by atoms with E-state index in [0.717, 1.165) is 26.2 Å². The third-order valence-electron chi connectivity index (χ3n) is 2.68. The Bertz CT molecular complexity index is 193. The summed E-state index contributed by atoms with van der Waals surface area (Å²) in [7, 11) is 1.63. The molecule has 0 saturated carbocycles. The van der Waals surface area contributed by atoms with Gasteiger partial charge in [0.25, 0.3) is 0 Å². The molecule has 0 radical (unpaired) electrons. The molecular formula is C10H21N3O2. The SMILES string of the molecule is COCCNC(=O)[C@@H](C)N1CCNCC1. The van der Waals surface area contributed by atoms with Gasteiger partial charge < -0.3 is 15.4 Å². The first-order valence-corrected chi connectivity index (χ1v) is 5.47. The van der Waals surface area contributed by atoms with Crippen LogP contribution in [0.1, 0.15) is 6.92 Å². The van der Waals surface area contributed by atoms with Crippen LogP contribution in [-0.4, -0.2) is 63.3 Å². The Morgan fingerprint density at radius 1 is 1.53 bits per heavy atom. The first kappa shape index (κ1) is 12.4. The average molecular weight is 215 g/mol. The fraction of sp³-hybridized carbons (Fsp3) is 0.900. The Morgan fingerprint density at radius 2 is 2.20 bits per heavy atom. The van der Waals surface area contributed by atoms with Crippen LogP contribution in [0.4, 0.5) is 0 Å². The van der Waals surface area contributed by atoms with Crippen LogP contribution in [0.3, 0.4) is 0 Å². The van der Waals surface area contributed by atoms with Crippen LogP contribution >= 0.6 is 0 Å². The second kappa shape index (κ2) is 6.76. The van der Waals surface area contributed by atoms with E-state index in [1.807, 2.05) is 6.92 Å². The van der Waals surface area contributed by atoms with E-state index in [-0.39, 0.29) is 11.9 Å². The molecule has 5 heteroatoms. The van der Waals surface area contributed by atoms with E-state index in [2.05, 4.69) is 15.5 Å². The number of nitrogens with zero attached hydrogens (tertiary/aromatic N) is 1. The summed E-state index contributed by atoms with van der Waals surface area (Å²) in [6.45, 7) is 6.93. The lowest BCUT2D eigenvalue weighted by atomic mass is 10.2. The Kier molecular flexibility index (Phi) is 5.60. The lowest BCUT2D eigenvalue weighted by Crippen LogP contribution is -2.52. The van der Waals surface area contributed by atoms with Gasteiger partial charge in [-0.15, -0.1) is 0 Å². The number of methoxy groups -OCH3 is 1. The zero-order valence-corrected chi connectivity index (χ0v) is 9.58. The van der Waals surface area contributed by atoms with Gasteiger partial charge in [-0.3, -0.25) is 9.69 Å². The molecule has 1 fully saturated rings. The Hall–Kier alpha value is -0.650. The molecular weight excluding hydrogens is 194 g/mol. The number of piperazine rings is 1. The Morgan fingerprint density at radius 3 is 2.80 bits per heavy atom. The molecule has 1 amide bonds. The maximum atomic E-state index is 11.7. The summed E-state index contributed by atoms with van der Waals surface area (Å²) < 4.78 is 4.88. The summed E-state index contributed by atoms with van der Waals surface area (Å²) >= 11 is 0. The highest BCUT2D eigenvalue weighted by atomic mass is 16.5. The quantitative estimate of drug-likeness (QED) is 0.580. The van der Waals surface area contributed by atoms with Gasteiger partial charge in [0.15, 0.2) is 0 Å². The topological polar surface area (TPSA) is 53.6 Å². The predicted molar refractivity (Wildman–Crippen MR) is 58.8 cm³/mol. The molecule has 0 aromatic heterocycles. The molecule has 0 aromatic carbocycles. The molecule has 2 N–H and O–H groups in total. The molecule has 1 aliphatic rings. The second-order valence-electron chi connectivity index (χ2n) is 3.75. The first-order valence-electron chi connectivity index (χ1n) is 5.47. The van der Waals surface area contributed by atoms with Crippen molar-refractivity contribution in [1.82, 2.24) is 15.5 Å². The van der Waals surface area contributed by atoms with Crippen molar-refractivity contribution in [2.45, 2.75) is 13.0 Å². The van der Waals surface area contributed by atoms with E-state index in [4.69, 9.17) is 4.74 Å². The average Bonchev–Trinajstić information content (AvgIpc) is 2.29. The maximum absolute atomic E-state index is 11.7. The van der Waals surface area contributed by atoms with E-state index in [1.54, 1.807) is 7.11 Å². The van der Waals surface area contributed by atoms with Gasteiger partial charge in [0.1, 0.15) is 0 Å². The number of rotatable bonds is 5. The van der Waals surface area contributed by atoms with Crippen molar-refractivity contribution in [3.63, 3.8) is 0 Å². The highest BCUT2D eigenvalue weighted by Gasteiger charge is 2.21. The first-order chi connectivity index (χ1) is 7.25. The van der Waals surface area contributed by atoms with Crippen molar-refractivity contribution < 1.29 is 9.53 Å². The molecule has 0 unspecified atom stereocenters. The molecule has 1 atom stereocenters. The molecule has 1 aliphatic heterocycles. The fourth-order valence-electron chi connectivity index (χ4n) is 1.66. The fourth-order valence-corrected chi connectivity index (χ4v) is 1.66. The number of ether oxygens (including phenoxy) is 1. The maximum Gasteiger partial charge on any atom is 0.237 e. The van der Waals surface area contributed by atoms with Crippen molar-refractivity contribution in [2.24, 2.45) is 0 Å². The smallest absolute Gasteiger partial charge is 0.237 e. The number of carbonyl (C=O) groups is 1. The van der Waals surface area contributed by atoms with Crippen LogP contribution in [-0.2, 0) is 9.53 Å². The number of amides is 1. The van der Waals surface area contributed by atoms with Crippen LogP contribution in [0.5, 0.6) is 0 Å². The van der Waals surface area contributed by atoms with E-state index < -0.39 is 0 Å². The molecule has 1 heterocycles. The lowest BCUT2D eigenvalue weighted by Gasteiger charge is -2.31. The second-order valence-corrected chi connectivity index (χ2v) is 3.75. The number of hydrogen-bond donors (Lipinski definition) is 2. The molecule has 15 heavy (non-hydrogen) atoms. The van der Waals surface area contributed by atoms with Gasteiger partial charge in [-0.2, -0.15) is 0 Å². The van der Waals surface area contributed by atoms with Crippen molar-refractivity contribution in [3.8, 4) is 0 Å². The molecule has 0 aromatic rings. The van der Waals surface area contributed by atoms with Crippen LogP contribution in [0.15, 0.2) is 0 Å². The zero-order valence-electron chi connectivity index (χ0n) is 9.58. The monoisotopic (exact) mass is 215 g/mol. The molecule has 0 bridgehead atoms. The Balaban J connectivity index is 2.24. The van der Waals surface area contributed by atoms with Gasteiger partial charge in [0, 0.05) is 39.8 Å². The van der Waals surface area contributed by atoms with Crippen LogP contribution in [0, 0.1) is 0 Å². The largest absolute Gasteiger partial charge is 0.383 e. The summed E-state index contributed by atoms with van der Waals surface area (Å²) in [5.74, 6) is 0.0916. The summed E-state index contributed by atoms with van der Waals surface area (Å²) in [6.07, 6.45) is 0. The lowest BCUT2D eigenvalue weighted by molar-refractivity contribution is -0.126. The van der Waals surface area contributed by atoms with Crippen molar-refractivity contribution >= 4 is 5.91 Å². The highest BCUT2D eigenvalue weighted by Crippen LogP contribution is 2.00. The summed E-state index contributed by atoms with van der Waals surface area (Å²) in [6, 6.07) is -0.0380. The third-order valence-corrected chi connectivity index (χ3v) is 2.68. The van der Waals surface area contributed by atoms with E-state index in [1.165, 1.54) is 0 Å². The van der Waals surface area contributed by atoms with Gasteiger partial charge in [-0.25, -0.2) is 0 Å². The Labute approximate surface area is 91.2 Å². The van der Waals surface area contributed by atoms with Gasteiger partial charge in [-0.05, 0) is 6.92 Å². The minimum atomic E-state index is -0.0380. The minimum absolute atomic E-state index is 0.0380. The van der Waals surface area contributed by atoms with Crippen molar-refractivity contribution in [3.05, 3.63) is 0 Å². The van der Waals surface area contributed by atoms with E-state index in [0.29, 0.717) is 13.2 Å². The van der Waals surface area contributed by atoms with Gasteiger partial charge >= 0.3 is 0 Å². The standard InChI is InChI=1S/C10H21N3O2/c1-9(10(14)12-5-8-15-2)13-6-3-11-4-7-13/h9,11H,3-8H2,1-2H3,(H,12,14)/t9-/m1/s1. The number of hydrogen-bond acceptors (Lipinski definition) is 4. The number of carbonyl (C=O) groups excluding carboxylic acids is 1. The molecule has 0 aliphatic carbocycles. The van der Waals surface area contributed by atoms with E-state index >= 15 is 0 Å². The highest BCUT2D eigenvalue weighted by molar-refractivity contribution is 5.81. The van der Waals surface area contributed by atoms with Crippen molar-refractivity contribution in [2.75, 3.05) is 46.4 Å². The third kappa shape index (κ3) is 4.15. The summed E-state index contributed by atoms with van der Waals surface area (Å²) in [5, 5.41) is 6.12. The van der Waals surface area contributed by atoms with Gasteiger partial charge in [0.2, 0.25) is 5.91 Å². The normalized spacial score (nSPS) is 19.9. The van der Waals surface area contributed by atoms with Crippen LogP contribution in [0.25, 0.3) is 0 Å². The molecule has 5 nitrogen and oxygen atoms in total. The van der Waals surface area contributed by atoms with E-state index in [9.17, 15) is 4.79 Å².